The topological polar surface area (TPSA) is 62.3 Å². The maximum atomic E-state index is 6.34. The highest BCUT2D eigenvalue weighted by Gasteiger charge is 2.25. The molecule has 2 N–H and O–H groups in total. The molecular formula is C13H23N3O2. The predicted octanol–water partition coefficient (Wildman–Crippen LogP) is 1.90. The third-order valence-corrected chi connectivity index (χ3v) is 3.47. The van der Waals surface area contributed by atoms with Crippen molar-refractivity contribution in [2.75, 3.05) is 20.3 Å². The first kappa shape index (κ1) is 13.4. The number of nitrogens with zero attached hydrogens (tertiary/aromatic N) is 2. The number of nitrogens with two attached hydrogens (primary N) is 1. The van der Waals surface area contributed by atoms with E-state index in [-0.39, 0.29) is 12.1 Å². The Labute approximate surface area is 108 Å². The summed E-state index contributed by atoms with van der Waals surface area (Å²) in [6.07, 6.45) is 3.78. The SMILES string of the molecule is COc1cnn(C(C)C)c1C(N)CC1CCOC1. The highest BCUT2D eigenvalue weighted by molar-refractivity contribution is 5.28. The molecule has 0 aliphatic carbocycles. The highest BCUT2D eigenvalue weighted by atomic mass is 16.5. The monoisotopic (exact) mass is 253 g/mol. The minimum Gasteiger partial charge on any atom is -0.493 e. The molecule has 2 rings (SSSR count). The van der Waals surface area contributed by atoms with Gasteiger partial charge in [0.25, 0.3) is 0 Å². The molecule has 1 aromatic rings. The van der Waals surface area contributed by atoms with Crippen LogP contribution in [0.3, 0.4) is 0 Å². The van der Waals surface area contributed by atoms with Gasteiger partial charge in [0.2, 0.25) is 0 Å². The number of ether oxygens (including phenoxy) is 2. The van der Waals surface area contributed by atoms with Gasteiger partial charge in [-0.05, 0) is 32.6 Å². The second-order valence-corrected chi connectivity index (χ2v) is 5.21. The minimum atomic E-state index is -0.0449. The first-order valence-corrected chi connectivity index (χ1v) is 6.58. The molecule has 5 nitrogen and oxygen atoms in total. The van der Waals surface area contributed by atoms with E-state index in [9.17, 15) is 0 Å². The number of hydrogen-bond acceptors (Lipinski definition) is 4. The first-order valence-electron chi connectivity index (χ1n) is 6.58. The van der Waals surface area contributed by atoms with Crippen LogP contribution in [-0.4, -0.2) is 30.1 Å². The van der Waals surface area contributed by atoms with Crippen molar-refractivity contribution in [1.29, 1.82) is 0 Å². The fourth-order valence-electron chi connectivity index (χ4n) is 2.52. The second-order valence-electron chi connectivity index (χ2n) is 5.21. The Balaban J connectivity index is 2.16. The molecule has 0 spiro atoms. The number of methoxy groups -OCH3 is 1. The smallest absolute Gasteiger partial charge is 0.161 e. The molecule has 1 aromatic heterocycles. The summed E-state index contributed by atoms with van der Waals surface area (Å²) >= 11 is 0. The molecule has 1 aliphatic heterocycles. The maximum Gasteiger partial charge on any atom is 0.161 e. The zero-order chi connectivity index (χ0) is 13.1. The normalized spacial score (nSPS) is 21.5. The summed E-state index contributed by atoms with van der Waals surface area (Å²) in [4.78, 5) is 0. The van der Waals surface area contributed by atoms with E-state index in [1.807, 2.05) is 4.68 Å². The van der Waals surface area contributed by atoms with Crippen LogP contribution in [0.1, 0.15) is 44.5 Å². The number of rotatable bonds is 5. The average molecular weight is 253 g/mol. The quantitative estimate of drug-likeness (QED) is 0.870. The van der Waals surface area contributed by atoms with Gasteiger partial charge in [0.05, 0.1) is 25.0 Å². The standard InChI is InChI=1S/C13H23N3O2/c1-9(2)16-13(12(17-3)7-15-16)11(14)6-10-4-5-18-8-10/h7,9-11H,4-6,8,14H2,1-3H3. The van der Waals surface area contributed by atoms with Crippen LogP contribution in [0.25, 0.3) is 0 Å². The zero-order valence-electron chi connectivity index (χ0n) is 11.4. The van der Waals surface area contributed by atoms with E-state index in [1.165, 1.54) is 0 Å². The molecule has 0 bridgehead atoms. The zero-order valence-corrected chi connectivity index (χ0v) is 11.4. The van der Waals surface area contributed by atoms with Crippen LogP contribution in [0, 0.1) is 5.92 Å². The number of aromatic nitrogens is 2. The maximum absolute atomic E-state index is 6.34. The van der Waals surface area contributed by atoms with Crippen molar-refractivity contribution in [3.8, 4) is 5.75 Å². The van der Waals surface area contributed by atoms with E-state index in [1.54, 1.807) is 13.3 Å². The van der Waals surface area contributed by atoms with Crippen molar-refractivity contribution in [3.63, 3.8) is 0 Å². The van der Waals surface area contributed by atoms with Gasteiger partial charge >= 0.3 is 0 Å². The van der Waals surface area contributed by atoms with Gasteiger partial charge < -0.3 is 15.2 Å². The van der Waals surface area contributed by atoms with Crippen LogP contribution in [0.2, 0.25) is 0 Å². The molecule has 0 radical (unpaired) electrons. The van der Waals surface area contributed by atoms with E-state index < -0.39 is 0 Å². The van der Waals surface area contributed by atoms with Gasteiger partial charge in [-0.15, -0.1) is 0 Å². The van der Waals surface area contributed by atoms with Crippen LogP contribution in [0.15, 0.2) is 6.20 Å². The van der Waals surface area contributed by atoms with Crippen molar-refractivity contribution in [1.82, 2.24) is 9.78 Å². The Morgan fingerprint density at radius 2 is 2.39 bits per heavy atom. The van der Waals surface area contributed by atoms with Crippen LogP contribution in [0.5, 0.6) is 5.75 Å². The van der Waals surface area contributed by atoms with Crippen molar-refractivity contribution in [3.05, 3.63) is 11.9 Å². The molecule has 5 heteroatoms. The Kier molecular flexibility index (Phi) is 4.24. The molecule has 1 fully saturated rings. The average Bonchev–Trinajstić information content (AvgIpc) is 2.95. The van der Waals surface area contributed by atoms with E-state index in [2.05, 4.69) is 18.9 Å². The Bertz CT molecular complexity index is 384. The lowest BCUT2D eigenvalue weighted by Crippen LogP contribution is -2.21. The Morgan fingerprint density at radius 3 is 2.94 bits per heavy atom. The summed E-state index contributed by atoms with van der Waals surface area (Å²) < 4.78 is 12.7. The summed E-state index contributed by atoms with van der Waals surface area (Å²) in [7, 11) is 1.66. The van der Waals surface area contributed by atoms with Crippen LogP contribution >= 0.6 is 0 Å². The Hall–Kier alpha value is -1.07. The molecule has 18 heavy (non-hydrogen) atoms. The molecule has 0 amide bonds. The van der Waals surface area contributed by atoms with Crippen molar-refractivity contribution < 1.29 is 9.47 Å². The van der Waals surface area contributed by atoms with Gasteiger partial charge in [-0.25, -0.2) is 0 Å². The summed E-state index contributed by atoms with van der Waals surface area (Å²) in [5.74, 6) is 1.34. The van der Waals surface area contributed by atoms with Crippen molar-refractivity contribution in [2.45, 2.75) is 38.8 Å². The third-order valence-electron chi connectivity index (χ3n) is 3.47. The summed E-state index contributed by atoms with van der Waals surface area (Å²) in [5.41, 5.74) is 7.34. The molecule has 2 unspecified atom stereocenters. The van der Waals surface area contributed by atoms with Crippen LogP contribution in [-0.2, 0) is 4.74 Å². The van der Waals surface area contributed by atoms with Crippen LogP contribution < -0.4 is 10.5 Å². The number of hydrogen-bond donors (Lipinski definition) is 1. The Morgan fingerprint density at radius 1 is 1.61 bits per heavy atom. The fourth-order valence-corrected chi connectivity index (χ4v) is 2.52. The van der Waals surface area contributed by atoms with Gasteiger partial charge in [0.15, 0.2) is 5.75 Å². The molecular weight excluding hydrogens is 230 g/mol. The lowest BCUT2D eigenvalue weighted by Gasteiger charge is -2.20. The molecule has 0 saturated carbocycles. The van der Waals surface area contributed by atoms with Gasteiger partial charge in [0, 0.05) is 19.3 Å². The van der Waals surface area contributed by atoms with Crippen molar-refractivity contribution in [2.24, 2.45) is 11.7 Å². The fraction of sp³-hybridized carbons (Fsp3) is 0.769. The van der Waals surface area contributed by atoms with E-state index in [4.69, 9.17) is 15.2 Å². The third kappa shape index (κ3) is 2.67. The molecule has 2 heterocycles. The van der Waals surface area contributed by atoms with Gasteiger partial charge in [0.1, 0.15) is 0 Å². The highest BCUT2D eigenvalue weighted by Crippen LogP contribution is 2.31. The summed E-state index contributed by atoms with van der Waals surface area (Å²) in [6, 6.07) is 0.242. The second kappa shape index (κ2) is 5.71. The lowest BCUT2D eigenvalue weighted by atomic mass is 9.97. The van der Waals surface area contributed by atoms with E-state index in [0.717, 1.165) is 37.5 Å². The van der Waals surface area contributed by atoms with Crippen LogP contribution in [0.4, 0.5) is 0 Å². The lowest BCUT2D eigenvalue weighted by molar-refractivity contribution is 0.182. The molecule has 2 atom stereocenters. The first-order chi connectivity index (χ1) is 8.63. The predicted molar refractivity (Wildman–Crippen MR) is 69.6 cm³/mol. The summed E-state index contributed by atoms with van der Waals surface area (Å²) in [5, 5.41) is 4.36. The van der Waals surface area contributed by atoms with E-state index >= 15 is 0 Å². The molecule has 1 aliphatic rings. The van der Waals surface area contributed by atoms with Gasteiger partial charge in [-0.2, -0.15) is 5.10 Å². The summed E-state index contributed by atoms with van der Waals surface area (Å²) in [6.45, 7) is 5.88. The van der Waals surface area contributed by atoms with Crippen molar-refractivity contribution >= 4 is 0 Å². The largest absolute Gasteiger partial charge is 0.493 e. The van der Waals surface area contributed by atoms with Gasteiger partial charge in [-0.1, -0.05) is 0 Å². The molecule has 102 valence electrons. The minimum absolute atomic E-state index is 0.0449. The van der Waals surface area contributed by atoms with E-state index in [0.29, 0.717) is 5.92 Å². The molecule has 0 aromatic carbocycles. The van der Waals surface area contributed by atoms with Gasteiger partial charge in [-0.3, -0.25) is 4.68 Å². The molecule has 1 saturated heterocycles.